The normalized spacial score (nSPS) is 11.9. The predicted octanol–water partition coefficient (Wildman–Crippen LogP) is 31.5. The van der Waals surface area contributed by atoms with Crippen LogP contribution in [0.1, 0.15) is 38.9 Å². The molecule has 0 aliphatic rings. The zero-order valence-corrected chi connectivity index (χ0v) is 66.4. The van der Waals surface area contributed by atoms with E-state index in [9.17, 15) is 0 Å². The molecule has 558 valence electrons. The van der Waals surface area contributed by atoms with Gasteiger partial charge in [0.1, 0.15) is 33.5 Å². The minimum absolute atomic E-state index is 0.937. The number of rotatable bonds is 6. The van der Waals surface area contributed by atoms with Crippen molar-refractivity contribution in [3.05, 3.63) is 379 Å². The number of fused-ring (bicyclic) bond motifs is 27. The van der Waals surface area contributed by atoms with Crippen LogP contribution >= 0.6 is 0 Å². The summed E-state index contributed by atoms with van der Waals surface area (Å²) in [6, 6.07) is 121. The third-order valence-electron chi connectivity index (χ3n) is 24.2. The second kappa shape index (κ2) is 27.7. The molecule has 118 heavy (non-hydrogen) atoms. The maximum Gasteiger partial charge on any atom is 0.143 e. The molecule has 0 saturated heterocycles. The molecule has 0 aliphatic carbocycles. The number of nitrogens with zero attached hydrogens (tertiary/aromatic N) is 3. The van der Waals surface area contributed by atoms with E-state index in [0.29, 0.717) is 0 Å². The highest BCUT2D eigenvalue weighted by Crippen LogP contribution is 2.46. The minimum atomic E-state index is 0.937. The zero-order chi connectivity index (χ0) is 79.1. The molecule has 6 aromatic heterocycles. The van der Waals surface area contributed by atoms with Gasteiger partial charge in [-0.1, -0.05) is 267 Å². The number of furan rings is 3. The molecule has 0 N–H and O–H groups in total. The first-order chi connectivity index (χ1) is 57.9. The molecule has 0 saturated carbocycles. The lowest BCUT2D eigenvalue weighted by molar-refractivity contribution is 0.666. The molecule has 0 spiro atoms. The highest BCUT2D eigenvalue weighted by Gasteiger charge is 2.22. The smallest absolute Gasteiger partial charge is 0.143 e. The van der Waals surface area contributed by atoms with E-state index in [2.05, 4.69) is 388 Å². The lowest BCUT2D eigenvalue weighted by Crippen LogP contribution is -1.89. The van der Waals surface area contributed by atoms with Gasteiger partial charge in [0.15, 0.2) is 0 Å². The van der Waals surface area contributed by atoms with E-state index >= 15 is 0 Å². The molecule has 0 bridgehead atoms. The second-order valence-electron chi connectivity index (χ2n) is 32.0. The van der Waals surface area contributed by atoms with E-state index in [1.54, 1.807) is 0 Å². The SMILES string of the molecule is Cc1cc(C)c2oc3c(-c4ccc(-c5ccc6c7ccccc7c7ccccc7c6n5)cc4)cc(C)cc3c2c1.Cc1cc(C)c2oc3c(-c4ccc(-c5ccc6c7ccccc7c7ccccc7c6n5)cc4)cc(C)cc3c2c1.Cc1cccc2c1oc1c(-c3ccc(-c4ccc5c6ccccc6c6ccccc6c5n4)cc3)cccc12. The Morgan fingerprint density at radius 2 is 0.398 bits per heavy atom. The number of hydrogen-bond acceptors (Lipinski definition) is 6. The summed E-state index contributed by atoms with van der Waals surface area (Å²) in [4.78, 5) is 15.6. The number of aryl methyl sites for hydroxylation is 7. The van der Waals surface area contributed by atoms with E-state index in [1.165, 1.54) is 141 Å². The lowest BCUT2D eigenvalue weighted by atomic mass is 9.96. The van der Waals surface area contributed by atoms with Crippen molar-refractivity contribution in [3.8, 4) is 67.2 Å². The molecule has 0 unspecified atom stereocenters. The van der Waals surface area contributed by atoms with Gasteiger partial charge >= 0.3 is 0 Å². The fraction of sp³-hybridized carbons (Fsp3) is 0.0625. The van der Waals surface area contributed by atoms with Crippen LogP contribution in [0.15, 0.2) is 353 Å². The quantitative estimate of drug-likeness (QED) is 0.154. The van der Waals surface area contributed by atoms with Gasteiger partial charge < -0.3 is 13.3 Å². The van der Waals surface area contributed by atoms with Crippen LogP contribution in [-0.2, 0) is 0 Å². The van der Waals surface area contributed by atoms with Crippen molar-refractivity contribution in [1.29, 1.82) is 0 Å². The zero-order valence-electron chi connectivity index (χ0n) is 66.4. The van der Waals surface area contributed by atoms with Crippen LogP contribution < -0.4 is 0 Å². The lowest BCUT2D eigenvalue weighted by Gasteiger charge is -2.11. The Labute approximate surface area is 681 Å². The third-order valence-corrected chi connectivity index (χ3v) is 24.2. The Bertz CT molecular complexity index is 7870. The van der Waals surface area contributed by atoms with Crippen LogP contribution in [0.25, 0.3) is 230 Å². The summed E-state index contributed by atoms with van der Waals surface area (Å²) < 4.78 is 19.4. The molecule has 0 atom stereocenters. The standard InChI is InChI=1S/2C38H27NO.C36H23NO/c2*1-22-18-24(3)37-33(20-22)34-21-23(2)19-32(38(34)40-37)25-12-14-26(15-13-25)35-17-16-31-29-10-5-4-8-27(29)28-9-6-7-11-30(28)36(31)39-35;1-22-8-6-14-31-32-15-7-13-25(36(32)38-35(22)31)23-16-18-24(19-17-23)33-21-20-30-28-11-3-2-9-26(28)27-10-4-5-12-29(27)34(30)37-33/h2*4-21H,1-3H3;2-21H,1H3. The molecule has 0 fully saturated rings. The van der Waals surface area contributed by atoms with E-state index in [-0.39, 0.29) is 0 Å². The largest absolute Gasteiger partial charge is 0.455 e. The molecule has 6 heterocycles. The molecular weight excluding hydrogens is 1440 g/mol. The number of pyridine rings is 3. The maximum atomic E-state index is 6.51. The molecule has 6 heteroatoms. The number of hydrogen-bond donors (Lipinski definition) is 0. The van der Waals surface area contributed by atoms with Crippen molar-refractivity contribution in [2.24, 2.45) is 0 Å². The summed E-state index contributed by atoms with van der Waals surface area (Å²) in [6.45, 7) is 15.0. The fourth-order valence-electron chi connectivity index (χ4n) is 18.8. The van der Waals surface area contributed by atoms with Crippen LogP contribution in [0.2, 0.25) is 0 Å². The van der Waals surface area contributed by atoms with Gasteiger partial charge in [-0.05, 0) is 225 Å². The fourth-order valence-corrected chi connectivity index (χ4v) is 18.8. The minimum Gasteiger partial charge on any atom is -0.455 e. The summed E-state index contributed by atoms with van der Waals surface area (Å²) in [5.41, 5.74) is 30.3. The highest BCUT2D eigenvalue weighted by atomic mass is 16.3. The molecule has 0 radical (unpaired) electrons. The van der Waals surface area contributed by atoms with Crippen molar-refractivity contribution >= 4 is 163 Å². The van der Waals surface area contributed by atoms with Crippen molar-refractivity contribution < 1.29 is 13.3 Å². The first-order valence-corrected chi connectivity index (χ1v) is 40.6. The first kappa shape index (κ1) is 69.8. The molecule has 24 rings (SSSR count). The van der Waals surface area contributed by atoms with Crippen LogP contribution in [-0.4, -0.2) is 15.0 Å². The molecule has 0 aliphatic heterocycles. The summed E-state index contributed by atoms with van der Waals surface area (Å²) in [7, 11) is 0. The van der Waals surface area contributed by atoms with Crippen molar-refractivity contribution in [2.45, 2.75) is 48.5 Å². The Hall–Kier alpha value is -14.9. The Kier molecular flexibility index (Phi) is 16.4. The van der Waals surface area contributed by atoms with E-state index < -0.39 is 0 Å². The topological polar surface area (TPSA) is 78.1 Å². The van der Waals surface area contributed by atoms with Gasteiger partial charge in [0, 0.05) is 98.0 Å². The number of para-hydroxylation sites is 2. The van der Waals surface area contributed by atoms with Gasteiger partial charge in [-0.15, -0.1) is 0 Å². The average Bonchev–Trinajstić information content (AvgIpc) is 1.63. The monoisotopic (exact) mass is 1510 g/mol. The van der Waals surface area contributed by atoms with Gasteiger partial charge in [0.25, 0.3) is 0 Å². The number of aromatic nitrogens is 3. The summed E-state index contributed by atoms with van der Waals surface area (Å²) in [5, 5.41) is 25.4. The van der Waals surface area contributed by atoms with Gasteiger partial charge in [0.2, 0.25) is 0 Å². The Balaban J connectivity index is 0.000000107. The molecular formula is C112H77N3O3. The first-order valence-electron chi connectivity index (χ1n) is 40.6. The van der Waals surface area contributed by atoms with Gasteiger partial charge in [0.05, 0.1) is 33.6 Å². The average molecular weight is 1510 g/mol. The third kappa shape index (κ3) is 11.6. The molecule has 24 aromatic rings. The van der Waals surface area contributed by atoms with Crippen LogP contribution in [0.4, 0.5) is 0 Å². The summed E-state index contributed by atoms with van der Waals surface area (Å²) in [5.74, 6) is 0. The van der Waals surface area contributed by atoms with E-state index in [1.807, 2.05) is 0 Å². The maximum absolute atomic E-state index is 6.51. The van der Waals surface area contributed by atoms with Crippen molar-refractivity contribution in [1.82, 2.24) is 15.0 Å². The molecule has 0 amide bonds. The van der Waals surface area contributed by atoms with Gasteiger partial charge in [-0.2, -0.15) is 0 Å². The van der Waals surface area contributed by atoms with Crippen molar-refractivity contribution in [3.63, 3.8) is 0 Å². The Morgan fingerprint density at radius 1 is 0.161 bits per heavy atom. The number of benzene rings is 18. The summed E-state index contributed by atoms with van der Waals surface area (Å²) in [6.07, 6.45) is 0. The Morgan fingerprint density at radius 3 is 0.737 bits per heavy atom. The van der Waals surface area contributed by atoms with Gasteiger partial charge in [-0.3, -0.25) is 0 Å². The van der Waals surface area contributed by atoms with Gasteiger partial charge in [-0.25, -0.2) is 15.0 Å². The highest BCUT2D eigenvalue weighted by molar-refractivity contribution is 6.27. The predicted molar refractivity (Wildman–Crippen MR) is 498 cm³/mol. The van der Waals surface area contributed by atoms with Crippen LogP contribution in [0.3, 0.4) is 0 Å². The summed E-state index contributed by atoms with van der Waals surface area (Å²) >= 11 is 0. The van der Waals surface area contributed by atoms with Crippen LogP contribution in [0.5, 0.6) is 0 Å². The molecule has 18 aromatic carbocycles. The van der Waals surface area contributed by atoms with Crippen molar-refractivity contribution in [2.75, 3.05) is 0 Å². The van der Waals surface area contributed by atoms with E-state index in [4.69, 9.17) is 28.2 Å². The molecule has 6 nitrogen and oxygen atoms in total. The van der Waals surface area contributed by atoms with E-state index in [0.717, 1.165) is 128 Å². The second-order valence-corrected chi connectivity index (χ2v) is 32.0. The van der Waals surface area contributed by atoms with Crippen LogP contribution in [0, 0.1) is 48.5 Å².